The van der Waals surface area contributed by atoms with Crippen LogP contribution >= 0.6 is 0 Å². The largest absolute Gasteiger partial charge is 0.487 e. The lowest BCUT2D eigenvalue weighted by Gasteiger charge is -2.08. The fourth-order valence-electron chi connectivity index (χ4n) is 1.09. The molecule has 1 aromatic rings. The van der Waals surface area contributed by atoms with E-state index in [1.54, 1.807) is 13.0 Å². The molecule has 0 unspecified atom stereocenters. The van der Waals surface area contributed by atoms with Gasteiger partial charge in [0.15, 0.2) is 0 Å². The highest BCUT2D eigenvalue weighted by molar-refractivity contribution is 5.91. The first-order chi connectivity index (χ1) is 7.00. The predicted octanol–water partition coefficient (Wildman–Crippen LogP) is 2.34. The van der Waals surface area contributed by atoms with E-state index in [4.69, 9.17) is 5.11 Å². The third kappa shape index (κ3) is 3.19. The topological polar surface area (TPSA) is 46.5 Å². The van der Waals surface area contributed by atoms with Crippen LogP contribution in [0, 0.1) is 6.92 Å². The van der Waals surface area contributed by atoms with Crippen LogP contribution in [-0.4, -0.2) is 24.1 Å². The Kier molecular flexibility index (Phi) is 3.60. The Morgan fingerprint density at radius 1 is 1.53 bits per heavy atom. The van der Waals surface area contributed by atoms with Crippen LogP contribution in [0.1, 0.15) is 15.9 Å². The second-order valence-electron chi connectivity index (χ2n) is 3.01. The van der Waals surface area contributed by atoms with Gasteiger partial charge in [-0.15, -0.1) is 0 Å². The zero-order valence-electron chi connectivity index (χ0n) is 8.04. The molecule has 0 fully saturated rings. The minimum atomic E-state index is -2.62. The summed E-state index contributed by atoms with van der Waals surface area (Å²) in [5.41, 5.74) is 0.632. The molecule has 0 atom stereocenters. The van der Waals surface area contributed by atoms with Gasteiger partial charge >= 0.3 is 5.97 Å². The number of ether oxygens (including phenoxy) is 1. The van der Waals surface area contributed by atoms with Crippen LogP contribution in [0.5, 0.6) is 5.75 Å². The van der Waals surface area contributed by atoms with E-state index in [0.29, 0.717) is 0 Å². The SMILES string of the molecule is Cc1ccc(OCC(F)F)c(C(=O)O)c1. The number of carboxylic acid groups (broad SMARTS) is 1. The number of rotatable bonds is 4. The zero-order valence-corrected chi connectivity index (χ0v) is 8.04. The first-order valence-corrected chi connectivity index (χ1v) is 4.25. The van der Waals surface area contributed by atoms with Gasteiger partial charge in [-0.2, -0.15) is 0 Å². The normalized spacial score (nSPS) is 10.4. The van der Waals surface area contributed by atoms with Gasteiger partial charge in [0.25, 0.3) is 6.43 Å². The molecule has 1 aromatic carbocycles. The fraction of sp³-hybridized carbons (Fsp3) is 0.300. The van der Waals surface area contributed by atoms with Gasteiger partial charge in [0.2, 0.25) is 0 Å². The van der Waals surface area contributed by atoms with Gasteiger partial charge in [0, 0.05) is 0 Å². The van der Waals surface area contributed by atoms with Crippen LogP contribution in [0.3, 0.4) is 0 Å². The Morgan fingerprint density at radius 3 is 2.73 bits per heavy atom. The van der Waals surface area contributed by atoms with E-state index in [0.717, 1.165) is 5.56 Å². The van der Waals surface area contributed by atoms with Crippen molar-refractivity contribution in [3.63, 3.8) is 0 Å². The number of alkyl halides is 2. The molecule has 0 saturated heterocycles. The van der Waals surface area contributed by atoms with Gasteiger partial charge in [0.05, 0.1) is 0 Å². The second-order valence-corrected chi connectivity index (χ2v) is 3.01. The van der Waals surface area contributed by atoms with Gasteiger partial charge in [-0.3, -0.25) is 0 Å². The van der Waals surface area contributed by atoms with E-state index in [2.05, 4.69) is 4.74 Å². The zero-order chi connectivity index (χ0) is 11.4. The molecular formula is C10H10F2O3. The summed E-state index contributed by atoms with van der Waals surface area (Å²) >= 11 is 0. The van der Waals surface area contributed by atoms with E-state index >= 15 is 0 Å². The van der Waals surface area contributed by atoms with Gasteiger partial charge in [-0.25, -0.2) is 13.6 Å². The molecule has 0 bridgehead atoms. The van der Waals surface area contributed by atoms with Crippen molar-refractivity contribution < 1.29 is 23.4 Å². The Morgan fingerprint density at radius 2 is 2.20 bits per heavy atom. The van der Waals surface area contributed by atoms with Crippen LogP contribution in [0.15, 0.2) is 18.2 Å². The first kappa shape index (κ1) is 11.4. The number of carbonyl (C=O) groups is 1. The second kappa shape index (κ2) is 4.72. The lowest BCUT2D eigenvalue weighted by Crippen LogP contribution is -2.10. The molecule has 3 nitrogen and oxygen atoms in total. The Balaban J connectivity index is 2.91. The molecule has 15 heavy (non-hydrogen) atoms. The monoisotopic (exact) mass is 216 g/mol. The van der Waals surface area contributed by atoms with Gasteiger partial charge < -0.3 is 9.84 Å². The fourth-order valence-corrected chi connectivity index (χ4v) is 1.09. The van der Waals surface area contributed by atoms with Gasteiger partial charge in [-0.1, -0.05) is 11.6 Å². The summed E-state index contributed by atoms with van der Waals surface area (Å²) in [5, 5.41) is 8.79. The summed E-state index contributed by atoms with van der Waals surface area (Å²) in [4.78, 5) is 10.8. The van der Waals surface area contributed by atoms with Gasteiger partial charge in [-0.05, 0) is 19.1 Å². The highest BCUT2D eigenvalue weighted by atomic mass is 19.3. The number of hydrogen-bond acceptors (Lipinski definition) is 2. The summed E-state index contributed by atoms with van der Waals surface area (Å²) in [6.07, 6.45) is -2.62. The van der Waals surface area contributed by atoms with Crippen molar-refractivity contribution in [2.45, 2.75) is 13.3 Å². The summed E-state index contributed by atoms with van der Waals surface area (Å²) in [6, 6.07) is 4.36. The van der Waals surface area contributed by atoms with Crippen molar-refractivity contribution in [1.29, 1.82) is 0 Å². The highest BCUT2D eigenvalue weighted by Crippen LogP contribution is 2.20. The molecule has 0 amide bonds. The summed E-state index contributed by atoms with van der Waals surface area (Å²) < 4.78 is 28.4. The molecule has 0 spiro atoms. The quantitative estimate of drug-likeness (QED) is 0.840. The van der Waals surface area contributed by atoms with E-state index in [9.17, 15) is 13.6 Å². The van der Waals surface area contributed by atoms with Crippen LogP contribution in [0.25, 0.3) is 0 Å². The molecule has 0 aliphatic carbocycles. The van der Waals surface area contributed by atoms with Crippen LogP contribution in [0.2, 0.25) is 0 Å². The molecule has 0 heterocycles. The molecule has 1 rings (SSSR count). The van der Waals surface area contributed by atoms with E-state index < -0.39 is 19.0 Å². The van der Waals surface area contributed by atoms with Crippen LogP contribution in [0.4, 0.5) is 8.78 Å². The minimum Gasteiger partial charge on any atom is -0.487 e. The molecule has 0 radical (unpaired) electrons. The smallest absolute Gasteiger partial charge is 0.339 e. The van der Waals surface area contributed by atoms with Crippen molar-refractivity contribution in [1.82, 2.24) is 0 Å². The van der Waals surface area contributed by atoms with Crippen molar-refractivity contribution in [2.75, 3.05) is 6.61 Å². The van der Waals surface area contributed by atoms with Crippen molar-refractivity contribution in [3.05, 3.63) is 29.3 Å². The van der Waals surface area contributed by atoms with Crippen molar-refractivity contribution in [3.8, 4) is 5.75 Å². The Labute approximate surface area is 85.3 Å². The lowest BCUT2D eigenvalue weighted by molar-refractivity contribution is 0.0664. The maximum Gasteiger partial charge on any atom is 0.339 e. The van der Waals surface area contributed by atoms with E-state index in [-0.39, 0.29) is 11.3 Å². The minimum absolute atomic E-state index is 0.0339. The number of hydrogen-bond donors (Lipinski definition) is 1. The summed E-state index contributed by atoms with van der Waals surface area (Å²) in [7, 11) is 0. The lowest BCUT2D eigenvalue weighted by atomic mass is 10.1. The van der Waals surface area contributed by atoms with E-state index in [1.807, 2.05) is 0 Å². The Hall–Kier alpha value is -1.65. The maximum atomic E-state index is 11.9. The number of benzene rings is 1. The summed E-state index contributed by atoms with van der Waals surface area (Å²) in [5.74, 6) is -1.23. The van der Waals surface area contributed by atoms with Gasteiger partial charge in [0.1, 0.15) is 17.9 Å². The molecule has 1 N–H and O–H groups in total. The number of halogens is 2. The van der Waals surface area contributed by atoms with Crippen LogP contribution in [-0.2, 0) is 0 Å². The standard InChI is InChI=1S/C10H10F2O3/c1-6-2-3-8(15-5-9(11)12)7(4-6)10(13)14/h2-4,9H,5H2,1H3,(H,13,14). The third-order valence-electron chi connectivity index (χ3n) is 1.73. The number of carboxylic acids is 1. The molecule has 0 aliphatic rings. The number of aryl methyl sites for hydroxylation is 1. The number of aromatic carboxylic acids is 1. The molecule has 5 heteroatoms. The molecule has 0 aromatic heterocycles. The Bertz CT molecular complexity index is 364. The third-order valence-corrected chi connectivity index (χ3v) is 1.73. The molecular weight excluding hydrogens is 206 g/mol. The maximum absolute atomic E-state index is 11.9. The highest BCUT2D eigenvalue weighted by Gasteiger charge is 2.13. The van der Waals surface area contributed by atoms with E-state index in [1.165, 1.54) is 12.1 Å². The molecule has 82 valence electrons. The predicted molar refractivity (Wildman–Crippen MR) is 49.6 cm³/mol. The first-order valence-electron chi connectivity index (χ1n) is 4.25. The summed E-state index contributed by atoms with van der Waals surface area (Å²) in [6.45, 7) is 0.909. The van der Waals surface area contributed by atoms with Crippen LogP contribution < -0.4 is 4.74 Å². The van der Waals surface area contributed by atoms with Crippen molar-refractivity contribution in [2.24, 2.45) is 0 Å². The average molecular weight is 216 g/mol. The average Bonchev–Trinajstić information content (AvgIpc) is 2.15. The van der Waals surface area contributed by atoms with Crippen molar-refractivity contribution >= 4 is 5.97 Å². The molecule has 0 saturated carbocycles. The molecule has 0 aliphatic heterocycles.